The molecule has 10 nitrogen and oxygen atoms in total. The molecule has 0 saturated carbocycles. The summed E-state index contributed by atoms with van der Waals surface area (Å²) in [6.07, 6.45) is 6.84. The average Bonchev–Trinajstić information content (AvgIpc) is 2.97. The number of sulfonamides is 1. The van der Waals surface area contributed by atoms with Crippen molar-refractivity contribution in [3.8, 4) is 5.75 Å². The molecule has 0 spiro atoms. The quantitative estimate of drug-likeness (QED) is 0.224. The summed E-state index contributed by atoms with van der Waals surface area (Å²) in [6.45, 7) is 2.45. The van der Waals surface area contributed by atoms with Crippen LogP contribution >= 0.6 is 0 Å². The molecule has 0 saturated heterocycles. The molecule has 0 atom stereocenters. The molecule has 11 heteroatoms. The first-order valence-corrected chi connectivity index (χ1v) is 14.9. The van der Waals surface area contributed by atoms with Crippen LogP contribution in [0.2, 0.25) is 0 Å². The normalized spacial score (nSPS) is 11.1. The van der Waals surface area contributed by atoms with Gasteiger partial charge < -0.3 is 15.2 Å². The van der Waals surface area contributed by atoms with Gasteiger partial charge in [0.05, 0.1) is 17.6 Å². The molecule has 3 rings (SSSR count). The monoisotopic (exact) mass is 581 g/mol. The Morgan fingerprint density at radius 1 is 0.902 bits per heavy atom. The molecule has 3 aromatic rings. The third-order valence-electron chi connectivity index (χ3n) is 6.53. The van der Waals surface area contributed by atoms with Crippen molar-refractivity contribution >= 4 is 27.8 Å². The van der Waals surface area contributed by atoms with E-state index in [4.69, 9.17) is 4.74 Å². The van der Waals surface area contributed by atoms with E-state index in [1.54, 1.807) is 7.11 Å². The number of ether oxygens (including phenoxy) is 1. The lowest BCUT2D eigenvalue weighted by atomic mass is 10.0. The van der Waals surface area contributed by atoms with E-state index in [0.29, 0.717) is 24.9 Å². The van der Waals surface area contributed by atoms with Gasteiger partial charge in [0, 0.05) is 18.3 Å². The standard InChI is InChI=1S/C30H35N3O7S/c1-3-4-5-6-7-11-23-19-26(30(36)37)32-20-25(23)29(35)33-41(38,39)24-15-13-22(14-16-24)28(34)31-18-17-21-10-8-9-12-27(21)40-2/h8-10,12-16,19-20H,3-7,11,17-18H2,1-2H3,(H,31,34)(H,33,35)(H,36,37). The van der Waals surface area contributed by atoms with E-state index in [1.165, 1.54) is 30.3 Å². The number of nitrogens with zero attached hydrogens (tertiary/aromatic N) is 1. The van der Waals surface area contributed by atoms with E-state index in [1.807, 2.05) is 29.0 Å². The number of aromatic nitrogens is 1. The van der Waals surface area contributed by atoms with Crippen molar-refractivity contribution in [3.63, 3.8) is 0 Å². The van der Waals surface area contributed by atoms with Crippen LogP contribution in [0.25, 0.3) is 0 Å². The summed E-state index contributed by atoms with van der Waals surface area (Å²) in [7, 11) is -2.70. The Balaban J connectivity index is 1.65. The van der Waals surface area contributed by atoms with Crippen LogP contribution in [0.15, 0.2) is 65.7 Å². The van der Waals surface area contributed by atoms with Crippen LogP contribution in [0, 0.1) is 0 Å². The average molecular weight is 582 g/mol. The Morgan fingerprint density at radius 2 is 1.61 bits per heavy atom. The number of aryl methyl sites for hydroxylation is 1. The number of aromatic carboxylic acids is 1. The number of carbonyl (C=O) groups excluding carboxylic acids is 2. The highest BCUT2D eigenvalue weighted by molar-refractivity contribution is 7.90. The Kier molecular flexibility index (Phi) is 11.4. The lowest BCUT2D eigenvalue weighted by Gasteiger charge is -2.12. The first kappa shape index (κ1) is 31.3. The Hall–Kier alpha value is -4.25. The van der Waals surface area contributed by atoms with Crippen molar-refractivity contribution in [3.05, 3.63) is 88.7 Å². The number of para-hydroxylation sites is 1. The molecule has 2 amide bonds. The van der Waals surface area contributed by atoms with Gasteiger partial charge in [0.1, 0.15) is 11.4 Å². The molecule has 218 valence electrons. The lowest BCUT2D eigenvalue weighted by Crippen LogP contribution is -2.31. The van der Waals surface area contributed by atoms with Crippen molar-refractivity contribution in [2.45, 2.75) is 56.8 Å². The first-order chi connectivity index (χ1) is 19.7. The molecule has 0 aliphatic rings. The number of rotatable bonds is 15. The van der Waals surface area contributed by atoms with Gasteiger partial charge in [0.25, 0.3) is 21.8 Å². The Bertz CT molecular complexity index is 1470. The fourth-order valence-electron chi connectivity index (χ4n) is 4.29. The molecule has 0 fully saturated rings. The van der Waals surface area contributed by atoms with E-state index < -0.39 is 21.9 Å². The molecule has 0 unspecified atom stereocenters. The van der Waals surface area contributed by atoms with Crippen molar-refractivity contribution in [1.82, 2.24) is 15.0 Å². The van der Waals surface area contributed by atoms with Crippen molar-refractivity contribution in [2.75, 3.05) is 13.7 Å². The van der Waals surface area contributed by atoms with Crippen LogP contribution < -0.4 is 14.8 Å². The van der Waals surface area contributed by atoms with Crippen molar-refractivity contribution in [1.29, 1.82) is 0 Å². The maximum absolute atomic E-state index is 13.0. The van der Waals surface area contributed by atoms with Gasteiger partial charge in [-0.3, -0.25) is 9.59 Å². The van der Waals surface area contributed by atoms with Gasteiger partial charge in [-0.25, -0.2) is 22.9 Å². The summed E-state index contributed by atoms with van der Waals surface area (Å²) in [5.41, 5.74) is 1.40. The van der Waals surface area contributed by atoms with Gasteiger partial charge >= 0.3 is 5.97 Å². The van der Waals surface area contributed by atoms with E-state index in [0.717, 1.165) is 49.6 Å². The predicted molar refractivity (Wildman–Crippen MR) is 154 cm³/mol. The molecule has 0 aliphatic heterocycles. The zero-order valence-electron chi connectivity index (χ0n) is 23.2. The predicted octanol–water partition coefficient (Wildman–Crippen LogP) is 4.39. The van der Waals surface area contributed by atoms with Crippen LogP contribution in [-0.2, 0) is 22.9 Å². The minimum Gasteiger partial charge on any atom is -0.496 e. The van der Waals surface area contributed by atoms with Crippen LogP contribution in [0.4, 0.5) is 0 Å². The maximum atomic E-state index is 13.0. The van der Waals surface area contributed by atoms with Gasteiger partial charge in [-0.15, -0.1) is 0 Å². The highest BCUT2D eigenvalue weighted by Gasteiger charge is 2.22. The molecule has 0 bridgehead atoms. The third-order valence-corrected chi connectivity index (χ3v) is 7.88. The summed E-state index contributed by atoms with van der Waals surface area (Å²) < 4.78 is 33.2. The summed E-state index contributed by atoms with van der Waals surface area (Å²) in [5, 5.41) is 12.1. The second-order valence-corrected chi connectivity index (χ2v) is 11.2. The maximum Gasteiger partial charge on any atom is 0.354 e. The van der Waals surface area contributed by atoms with Gasteiger partial charge in [0.2, 0.25) is 0 Å². The first-order valence-electron chi connectivity index (χ1n) is 13.5. The number of hydrogen-bond donors (Lipinski definition) is 3. The molecular weight excluding hydrogens is 546 g/mol. The molecule has 41 heavy (non-hydrogen) atoms. The zero-order chi connectivity index (χ0) is 29.8. The summed E-state index contributed by atoms with van der Waals surface area (Å²) in [5.74, 6) is -1.79. The fraction of sp³-hybridized carbons (Fsp3) is 0.333. The van der Waals surface area contributed by atoms with Gasteiger partial charge in [-0.05, 0) is 66.8 Å². The number of methoxy groups -OCH3 is 1. The molecule has 1 heterocycles. The molecule has 0 radical (unpaired) electrons. The van der Waals surface area contributed by atoms with Crippen LogP contribution in [-0.4, -0.2) is 49.9 Å². The van der Waals surface area contributed by atoms with E-state index in [-0.39, 0.29) is 27.6 Å². The number of nitrogens with one attached hydrogen (secondary N) is 2. The third kappa shape index (κ3) is 8.87. The molecular formula is C30H35N3O7S. The number of unbranched alkanes of at least 4 members (excludes halogenated alkanes) is 4. The van der Waals surface area contributed by atoms with E-state index >= 15 is 0 Å². The number of benzene rings is 2. The molecule has 0 aliphatic carbocycles. The summed E-state index contributed by atoms with van der Waals surface area (Å²) >= 11 is 0. The second kappa shape index (κ2) is 14.9. The number of hydrogen-bond acceptors (Lipinski definition) is 7. The van der Waals surface area contributed by atoms with Crippen LogP contribution in [0.1, 0.15) is 81.4 Å². The largest absolute Gasteiger partial charge is 0.496 e. The number of carboxylic acid groups (broad SMARTS) is 1. The minimum atomic E-state index is -4.28. The van der Waals surface area contributed by atoms with Crippen molar-refractivity contribution < 1.29 is 32.6 Å². The Morgan fingerprint density at radius 3 is 2.29 bits per heavy atom. The SMILES string of the molecule is CCCCCCCc1cc(C(=O)O)ncc1C(=O)NS(=O)(=O)c1ccc(C(=O)NCCc2ccccc2OC)cc1. The second-order valence-electron chi connectivity index (χ2n) is 9.47. The highest BCUT2D eigenvalue weighted by atomic mass is 32.2. The van der Waals surface area contributed by atoms with Crippen LogP contribution in [0.3, 0.4) is 0 Å². The van der Waals surface area contributed by atoms with Gasteiger partial charge in [0.15, 0.2) is 0 Å². The highest BCUT2D eigenvalue weighted by Crippen LogP contribution is 2.19. The fourth-order valence-corrected chi connectivity index (χ4v) is 5.25. The van der Waals surface area contributed by atoms with Crippen molar-refractivity contribution in [2.24, 2.45) is 0 Å². The van der Waals surface area contributed by atoms with Crippen LogP contribution in [0.5, 0.6) is 5.75 Å². The summed E-state index contributed by atoms with van der Waals surface area (Å²) in [4.78, 5) is 40.5. The summed E-state index contributed by atoms with van der Waals surface area (Å²) in [6, 6.07) is 14.0. The van der Waals surface area contributed by atoms with E-state index in [2.05, 4.69) is 17.2 Å². The zero-order valence-corrected chi connectivity index (χ0v) is 24.0. The molecule has 2 aromatic carbocycles. The minimum absolute atomic E-state index is 0.000103. The Labute approximate surface area is 240 Å². The van der Waals surface area contributed by atoms with Gasteiger partial charge in [-0.1, -0.05) is 50.8 Å². The smallest absolute Gasteiger partial charge is 0.354 e. The number of carboxylic acids is 1. The van der Waals surface area contributed by atoms with E-state index in [9.17, 15) is 27.9 Å². The molecule has 1 aromatic heterocycles. The van der Waals surface area contributed by atoms with Gasteiger partial charge in [-0.2, -0.15) is 0 Å². The number of pyridine rings is 1. The topological polar surface area (TPSA) is 152 Å². The number of amides is 2. The lowest BCUT2D eigenvalue weighted by molar-refractivity contribution is 0.0689. The molecule has 3 N–H and O–H groups in total. The number of carbonyl (C=O) groups is 3.